The van der Waals surface area contributed by atoms with Crippen molar-refractivity contribution in [2.75, 3.05) is 32.7 Å². The molecule has 1 aromatic rings. The molecule has 23 nitrogen and oxygen atoms in total. The summed E-state index contributed by atoms with van der Waals surface area (Å²) < 4.78 is 0. The highest BCUT2D eigenvalue weighted by Gasteiger charge is 2.35. The number of amides is 9. The van der Waals surface area contributed by atoms with Gasteiger partial charge in [-0.2, -0.15) is 0 Å². The topological polar surface area (TPSA) is 386 Å². The van der Waals surface area contributed by atoms with E-state index in [0.29, 0.717) is 17.9 Å². The molecule has 0 unspecified atom stereocenters. The van der Waals surface area contributed by atoms with Crippen LogP contribution in [0, 0.1) is 17.8 Å². The summed E-state index contributed by atoms with van der Waals surface area (Å²) in [4.78, 5) is 126. The van der Waals surface area contributed by atoms with Crippen LogP contribution in [-0.4, -0.2) is 145 Å². The third-order valence-electron chi connectivity index (χ3n) is 12.9. The molecule has 1 aromatic carbocycles. The first-order chi connectivity index (χ1) is 35.7. The molecule has 1 aliphatic rings. The van der Waals surface area contributed by atoms with E-state index in [4.69, 9.17) is 22.9 Å². The summed E-state index contributed by atoms with van der Waals surface area (Å²) >= 11 is 0. The Bertz CT molecular complexity index is 1960. The van der Waals surface area contributed by atoms with E-state index in [9.17, 15) is 48.3 Å². The number of benzene rings is 1. The fourth-order valence-corrected chi connectivity index (χ4v) is 8.49. The molecule has 1 aliphatic heterocycles. The van der Waals surface area contributed by atoms with Crippen LogP contribution >= 0.6 is 0 Å². The molecule has 10 atom stereocenters. The first kappa shape index (κ1) is 65.4. The van der Waals surface area contributed by atoms with Crippen molar-refractivity contribution >= 4 is 53.2 Å². The second-order valence-corrected chi connectivity index (χ2v) is 20.5. The van der Waals surface area contributed by atoms with E-state index < -0.39 is 108 Å². The van der Waals surface area contributed by atoms with Crippen LogP contribution in [0.25, 0.3) is 0 Å². The van der Waals surface area contributed by atoms with Crippen molar-refractivity contribution in [3.8, 4) is 0 Å². The van der Waals surface area contributed by atoms with E-state index in [1.165, 1.54) is 0 Å². The first-order valence-electron chi connectivity index (χ1n) is 26.9. The molecule has 23 heteroatoms. The molecule has 75 heavy (non-hydrogen) atoms. The number of rotatable bonds is 25. The van der Waals surface area contributed by atoms with Gasteiger partial charge in [0.1, 0.15) is 48.3 Å². The standard InChI is InChI=1S/C52H91N13O10/c1-7-33(6)13-11-12-16-35(66)30-44(67)58-36(17-22-53)46(69)62-40-21-26-57-45(68)41(27-31(2)3)63-48(71)38(19-24-55)59-47(70)37(18-23-54)61-52(75)43(29-34-14-9-8-10-15-34)65-51(74)42(28-32(4)5)64-49(72)39(20-25-56)60-50(40)73/h8-10,14-15,31-33,35-43,66H,7,11-13,16-30,53-56H2,1-6H3,(H,57,68)(H,58,67)(H,59,70)(H,60,73)(H,61,75)(H,62,69)(H,63,71)(H,64,72)(H,65,74)/t33-,35+,36+,37-,38-,39-,40-,41-,42+,43-/m0/s1. The lowest BCUT2D eigenvalue weighted by Crippen LogP contribution is -2.61. The van der Waals surface area contributed by atoms with Crippen LogP contribution in [0.15, 0.2) is 30.3 Å². The lowest BCUT2D eigenvalue weighted by atomic mass is 9.99. The molecule has 0 radical (unpaired) electrons. The van der Waals surface area contributed by atoms with Crippen LogP contribution in [0.1, 0.15) is 131 Å². The van der Waals surface area contributed by atoms with Gasteiger partial charge in [-0.25, -0.2) is 0 Å². The van der Waals surface area contributed by atoms with E-state index in [2.05, 4.69) is 61.7 Å². The molecular formula is C52H91N13O10. The Morgan fingerprint density at radius 2 is 1.05 bits per heavy atom. The monoisotopic (exact) mass is 1060 g/mol. The van der Waals surface area contributed by atoms with E-state index >= 15 is 0 Å². The maximum atomic E-state index is 14.4. The molecule has 424 valence electrons. The van der Waals surface area contributed by atoms with Crippen molar-refractivity contribution in [2.45, 2.75) is 186 Å². The number of carbonyl (C=O) groups excluding carboxylic acids is 9. The van der Waals surface area contributed by atoms with Crippen molar-refractivity contribution in [2.24, 2.45) is 40.7 Å². The Labute approximate surface area is 443 Å². The molecule has 0 aliphatic carbocycles. The van der Waals surface area contributed by atoms with Gasteiger partial charge in [0.15, 0.2) is 0 Å². The van der Waals surface area contributed by atoms with Crippen LogP contribution < -0.4 is 70.8 Å². The second kappa shape index (κ2) is 35.5. The number of carbonyl (C=O) groups is 9. The Morgan fingerprint density at radius 3 is 1.55 bits per heavy atom. The largest absolute Gasteiger partial charge is 0.393 e. The molecule has 18 N–H and O–H groups in total. The minimum atomic E-state index is -1.46. The summed E-state index contributed by atoms with van der Waals surface area (Å²) in [5, 5.41) is 34.8. The zero-order valence-electron chi connectivity index (χ0n) is 45.2. The van der Waals surface area contributed by atoms with Crippen LogP contribution in [-0.2, 0) is 49.6 Å². The van der Waals surface area contributed by atoms with Gasteiger partial charge in [-0.3, -0.25) is 43.2 Å². The zero-order valence-corrected chi connectivity index (χ0v) is 45.2. The normalized spacial score (nSPS) is 23.3. The lowest BCUT2D eigenvalue weighted by Gasteiger charge is -2.28. The summed E-state index contributed by atoms with van der Waals surface area (Å²) in [5.41, 5.74) is 24.3. The molecule has 1 saturated heterocycles. The van der Waals surface area contributed by atoms with Gasteiger partial charge in [0.2, 0.25) is 53.2 Å². The molecule has 0 bridgehead atoms. The van der Waals surface area contributed by atoms with Crippen LogP contribution in [0.4, 0.5) is 0 Å². The van der Waals surface area contributed by atoms with Crippen molar-refractivity contribution in [3.63, 3.8) is 0 Å². The summed E-state index contributed by atoms with van der Waals surface area (Å²) in [6.07, 6.45) is 2.45. The average molecular weight is 1060 g/mol. The lowest BCUT2D eigenvalue weighted by molar-refractivity contribution is -0.136. The van der Waals surface area contributed by atoms with E-state index in [0.717, 1.165) is 25.7 Å². The van der Waals surface area contributed by atoms with Crippen molar-refractivity contribution < 1.29 is 48.3 Å². The fourth-order valence-electron chi connectivity index (χ4n) is 8.49. The van der Waals surface area contributed by atoms with Gasteiger partial charge < -0.3 is 75.9 Å². The summed E-state index contributed by atoms with van der Waals surface area (Å²) in [5.74, 6) is -6.55. The Kier molecular flexibility index (Phi) is 30.9. The molecular weight excluding hydrogens is 967 g/mol. The van der Waals surface area contributed by atoms with Crippen LogP contribution in [0.5, 0.6) is 0 Å². The molecule has 0 saturated carbocycles. The second-order valence-electron chi connectivity index (χ2n) is 20.5. The van der Waals surface area contributed by atoms with Crippen molar-refractivity contribution in [1.29, 1.82) is 0 Å². The molecule has 1 fully saturated rings. The molecule has 9 amide bonds. The molecule has 2 rings (SSSR count). The smallest absolute Gasteiger partial charge is 0.243 e. The van der Waals surface area contributed by atoms with Gasteiger partial charge in [0.05, 0.1) is 12.5 Å². The number of hydrogen-bond donors (Lipinski definition) is 14. The summed E-state index contributed by atoms with van der Waals surface area (Å²) in [7, 11) is 0. The highest BCUT2D eigenvalue weighted by Crippen LogP contribution is 2.15. The predicted molar refractivity (Wildman–Crippen MR) is 285 cm³/mol. The molecule has 0 spiro atoms. The average Bonchev–Trinajstić information content (AvgIpc) is 3.35. The maximum absolute atomic E-state index is 14.4. The zero-order chi connectivity index (χ0) is 56.0. The van der Waals surface area contributed by atoms with E-state index in [1.54, 1.807) is 30.3 Å². The third-order valence-corrected chi connectivity index (χ3v) is 12.9. The highest BCUT2D eigenvalue weighted by molar-refractivity contribution is 5.98. The van der Waals surface area contributed by atoms with Gasteiger partial charge in [-0.1, -0.05) is 97.6 Å². The number of aliphatic hydroxyl groups is 1. The third kappa shape index (κ3) is 25.1. The van der Waals surface area contributed by atoms with Gasteiger partial charge >= 0.3 is 0 Å². The number of nitrogens with one attached hydrogen (secondary N) is 9. The Morgan fingerprint density at radius 1 is 0.600 bits per heavy atom. The SMILES string of the molecule is CC[C@H](C)CCCC[C@@H](O)CC(=O)N[C@H](CCN)C(=O)N[C@H]1CCNC(=O)[C@H](CC(C)C)NC(=O)[C@H](CCN)NC(=O)[C@H](CCN)NC(=O)[C@H](Cc2ccccc2)NC(=O)[C@@H](CC(C)C)NC(=O)[C@H](CCN)NC1=O. The van der Waals surface area contributed by atoms with E-state index in [1.807, 2.05) is 27.7 Å². The highest BCUT2D eigenvalue weighted by atomic mass is 16.3. The van der Waals surface area contributed by atoms with Crippen LogP contribution in [0.3, 0.4) is 0 Å². The number of aliphatic hydroxyl groups excluding tert-OH is 1. The number of nitrogens with two attached hydrogens (primary N) is 4. The van der Waals surface area contributed by atoms with Gasteiger partial charge in [-0.05, 0) is 101 Å². The minimum absolute atomic E-state index is 0.0371. The van der Waals surface area contributed by atoms with Gasteiger partial charge in [-0.15, -0.1) is 0 Å². The number of hydrogen-bond acceptors (Lipinski definition) is 14. The van der Waals surface area contributed by atoms with Gasteiger partial charge in [0, 0.05) is 13.0 Å². The minimum Gasteiger partial charge on any atom is -0.393 e. The van der Waals surface area contributed by atoms with Crippen molar-refractivity contribution in [3.05, 3.63) is 35.9 Å². The fraction of sp³-hybridized carbons (Fsp3) is 0.712. The Hall–Kier alpha value is -5.75. The maximum Gasteiger partial charge on any atom is 0.243 e. The summed E-state index contributed by atoms with van der Waals surface area (Å²) in [6, 6.07) is -1.55. The molecule has 1 heterocycles. The molecule has 0 aromatic heterocycles. The summed E-state index contributed by atoms with van der Waals surface area (Å²) in [6.45, 7) is 11.1. The quantitative estimate of drug-likeness (QED) is 0.0495. The predicted octanol–water partition coefficient (Wildman–Crippen LogP) is -1.53. The first-order valence-corrected chi connectivity index (χ1v) is 26.9. The Balaban J connectivity index is 2.66. The van der Waals surface area contributed by atoms with Crippen LogP contribution in [0.2, 0.25) is 0 Å². The van der Waals surface area contributed by atoms with Gasteiger partial charge in [0.25, 0.3) is 0 Å². The number of unbranched alkanes of at least 4 members (excludes halogenated alkanes) is 1. The van der Waals surface area contributed by atoms with E-state index in [-0.39, 0.29) is 102 Å². The van der Waals surface area contributed by atoms with Crippen molar-refractivity contribution in [1.82, 2.24) is 47.9 Å².